The van der Waals surface area contributed by atoms with E-state index < -0.39 is 5.60 Å². The average molecular weight is 863 g/mol. The molecular weight excluding hydrogens is 789 g/mol. The Kier molecular flexibility index (Phi) is 12.2. The molecule has 6 aliphatic rings. The van der Waals surface area contributed by atoms with E-state index in [1.54, 1.807) is 19.6 Å². The molecule has 0 bridgehead atoms. The normalized spacial score (nSPS) is 38.6. The molecule has 0 amide bonds. The molecule has 5 saturated carbocycles. The molecule has 2 aromatic carbocycles. The summed E-state index contributed by atoms with van der Waals surface area (Å²) in [4.78, 5) is 9.08. The van der Waals surface area contributed by atoms with Gasteiger partial charge in [0.05, 0.1) is 35.9 Å². The number of hydrogen-bond donors (Lipinski definition) is 7. The SMILES string of the molecule is C=C1CC2(CCC(CCC3(O)CCCC(O)C3)C2)C2OC2(C)CCC2C1CC2(C)C1CC(C(NC(N)=NC)NC(N)=NCCc2cccc3cocc23)CC1Cc1ccc(O)cc1. The number of aromatic hydroxyl groups is 1. The molecule has 0 radical (unpaired) electrons. The molecule has 2 heterocycles. The predicted molar refractivity (Wildman–Crippen MR) is 250 cm³/mol. The third-order valence-electron chi connectivity index (χ3n) is 17.7. The number of nitrogens with two attached hydrogens (primary N) is 2. The number of aliphatic imine (C=N–C) groups is 2. The number of aliphatic hydroxyl groups is 2. The standard InChI is InChI=1S/C52H74N6O5/c1-32-26-51(20-14-34(27-51)15-21-52(61)18-6-9-40(60)28-52)46-50(3,63-46)19-16-43-41(32)29-49(43,2)44-25-38(24-37(44)23-33-10-12-39(59)13-11-33)45(57-47(53)55-4)58-48(54)56-22-17-35-7-5-8-36-30-62-31-42(35)36/h5,7-8,10-13,30-31,34,37-38,40-41,43-46,59-61H,1,6,9,14-29H2,2-4H3,(H3,53,55,57)(H3,54,56,58). The number of nitrogens with zero attached hydrogens (tertiary/aromatic N) is 2. The van der Waals surface area contributed by atoms with Crippen LogP contribution in [0.2, 0.25) is 0 Å². The molecule has 9 rings (SSSR count). The maximum Gasteiger partial charge on any atom is 0.190 e. The third kappa shape index (κ3) is 9.00. The molecule has 11 heteroatoms. The summed E-state index contributed by atoms with van der Waals surface area (Å²) < 4.78 is 12.3. The highest BCUT2D eigenvalue weighted by Gasteiger charge is 2.67. The van der Waals surface area contributed by atoms with Gasteiger partial charge in [0.1, 0.15) is 11.9 Å². The number of hydrogen-bond acceptors (Lipinski definition) is 7. The number of allylic oxidation sites excluding steroid dienone is 1. The number of rotatable bonds is 12. The molecule has 342 valence electrons. The molecule has 13 unspecified atom stereocenters. The lowest BCUT2D eigenvalue weighted by Crippen LogP contribution is -2.56. The van der Waals surface area contributed by atoms with Crippen LogP contribution in [0, 0.1) is 46.3 Å². The van der Waals surface area contributed by atoms with Crippen molar-refractivity contribution < 1.29 is 24.5 Å². The van der Waals surface area contributed by atoms with Crippen molar-refractivity contribution in [3.05, 3.63) is 78.3 Å². The fourth-order valence-corrected chi connectivity index (χ4v) is 14.4. The summed E-state index contributed by atoms with van der Waals surface area (Å²) in [6.07, 6.45) is 19.6. The molecule has 3 aromatic rings. The Balaban J connectivity index is 0.918. The van der Waals surface area contributed by atoms with Crippen molar-refractivity contribution in [1.29, 1.82) is 0 Å². The fraction of sp³-hybridized carbons (Fsp3) is 0.654. The molecule has 63 heavy (non-hydrogen) atoms. The fourth-order valence-electron chi connectivity index (χ4n) is 14.4. The zero-order valence-electron chi connectivity index (χ0n) is 38.0. The van der Waals surface area contributed by atoms with Gasteiger partial charge in [-0.15, -0.1) is 0 Å². The second-order valence-electron chi connectivity index (χ2n) is 21.7. The highest BCUT2D eigenvalue weighted by molar-refractivity contribution is 5.84. The number of furan rings is 1. The number of phenolic OH excluding ortho intramolecular Hbond substituents is 1. The highest BCUT2D eigenvalue weighted by Crippen LogP contribution is 2.70. The molecule has 1 aromatic heterocycles. The minimum atomic E-state index is -0.720. The van der Waals surface area contributed by atoms with Crippen LogP contribution in [-0.2, 0) is 17.6 Å². The van der Waals surface area contributed by atoms with Gasteiger partial charge in [0.25, 0.3) is 0 Å². The van der Waals surface area contributed by atoms with Gasteiger partial charge in [-0.1, -0.05) is 49.4 Å². The van der Waals surface area contributed by atoms with Crippen LogP contribution in [-0.4, -0.2) is 70.4 Å². The van der Waals surface area contributed by atoms with Crippen molar-refractivity contribution in [3.63, 3.8) is 0 Å². The number of ether oxygens (including phenoxy) is 1. The third-order valence-corrected chi connectivity index (χ3v) is 17.7. The summed E-state index contributed by atoms with van der Waals surface area (Å²) >= 11 is 0. The van der Waals surface area contributed by atoms with Gasteiger partial charge < -0.3 is 46.6 Å². The minimum Gasteiger partial charge on any atom is -0.508 e. The van der Waals surface area contributed by atoms with E-state index in [0.29, 0.717) is 60.2 Å². The first-order valence-corrected chi connectivity index (χ1v) is 24.2. The molecular formula is C52H74N6O5. The molecule has 1 aliphatic heterocycles. The highest BCUT2D eigenvalue weighted by atomic mass is 16.6. The molecule has 9 N–H and O–H groups in total. The Morgan fingerprint density at radius 3 is 2.56 bits per heavy atom. The second-order valence-corrected chi connectivity index (χ2v) is 21.7. The van der Waals surface area contributed by atoms with Crippen LogP contribution in [0.25, 0.3) is 10.8 Å². The van der Waals surface area contributed by atoms with Crippen molar-refractivity contribution >= 4 is 22.7 Å². The number of nitrogens with one attached hydrogen (secondary N) is 2. The number of aliphatic hydroxyl groups excluding tert-OH is 1. The Bertz CT molecular complexity index is 2170. The van der Waals surface area contributed by atoms with E-state index in [2.05, 4.69) is 53.7 Å². The van der Waals surface area contributed by atoms with Crippen molar-refractivity contribution in [2.75, 3.05) is 13.6 Å². The van der Waals surface area contributed by atoms with Gasteiger partial charge in [-0.3, -0.25) is 9.98 Å². The quantitative estimate of drug-likeness (QED) is 0.0311. The first-order valence-electron chi connectivity index (χ1n) is 24.2. The lowest BCUT2D eigenvalue weighted by molar-refractivity contribution is -0.0831. The summed E-state index contributed by atoms with van der Waals surface area (Å²) in [5.41, 5.74) is 16.3. The average Bonchev–Trinajstić information content (AvgIpc) is 3.65. The second kappa shape index (κ2) is 17.4. The van der Waals surface area contributed by atoms with Gasteiger partial charge in [0, 0.05) is 36.2 Å². The first kappa shape index (κ1) is 44.2. The Morgan fingerprint density at radius 2 is 1.76 bits per heavy atom. The van der Waals surface area contributed by atoms with Crippen LogP contribution in [0.5, 0.6) is 5.75 Å². The van der Waals surface area contributed by atoms with E-state index in [1.807, 2.05) is 18.2 Å². The van der Waals surface area contributed by atoms with Gasteiger partial charge >= 0.3 is 0 Å². The lowest BCUT2D eigenvalue weighted by Gasteiger charge is -2.59. The molecule has 1 saturated heterocycles. The van der Waals surface area contributed by atoms with Gasteiger partial charge in [-0.05, 0) is 174 Å². The molecule has 6 fully saturated rings. The van der Waals surface area contributed by atoms with Crippen LogP contribution in [0.1, 0.15) is 121 Å². The van der Waals surface area contributed by atoms with Crippen molar-refractivity contribution in [3.8, 4) is 5.75 Å². The van der Waals surface area contributed by atoms with E-state index in [4.69, 9.17) is 32.2 Å². The smallest absolute Gasteiger partial charge is 0.190 e. The van der Waals surface area contributed by atoms with E-state index in [9.17, 15) is 15.3 Å². The van der Waals surface area contributed by atoms with E-state index in [0.717, 1.165) is 101 Å². The predicted octanol–water partition coefficient (Wildman–Crippen LogP) is 8.10. The van der Waals surface area contributed by atoms with E-state index in [1.165, 1.54) is 29.5 Å². The van der Waals surface area contributed by atoms with Gasteiger partial charge in [-0.2, -0.15) is 0 Å². The number of phenols is 1. The number of epoxide rings is 1. The van der Waals surface area contributed by atoms with Crippen molar-refractivity contribution in [2.24, 2.45) is 67.8 Å². The topological polar surface area (TPSA) is 187 Å². The zero-order valence-corrected chi connectivity index (χ0v) is 38.0. The zero-order chi connectivity index (χ0) is 44.1. The summed E-state index contributed by atoms with van der Waals surface area (Å²) in [6.45, 7) is 10.4. The molecule has 5 aliphatic carbocycles. The van der Waals surface area contributed by atoms with E-state index in [-0.39, 0.29) is 40.7 Å². The Morgan fingerprint density at radius 1 is 0.952 bits per heavy atom. The lowest BCUT2D eigenvalue weighted by atomic mass is 9.45. The van der Waals surface area contributed by atoms with Gasteiger partial charge in [0.2, 0.25) is 0 Å². The van der Waals surface area contributed by atoms with Crippen molar-refractivity contribution in [2.45, 2.75) is 153 Å². The van der Waals surface area contributed by atoms with Crippen LogP contribution in [0.15, 0.2) is 81.5 Å². The summed E-state index contributed by atoms with van der Waals surface area (Å²) in [5.74, 6) is 3.70. The number of fused-ring (bicyclic) bond motifs is 4. The van der Waals surface area contributed by atoms with E-state index >= 15 is 0 Å². The Labute approximate surface area is 374 Å². The van der Waals surface area contributed by atoms with Crippen LogP contribution >= 0.6 is 0 Å². The number of benzene rings is 2. The maximum atomic E-state index is 11.4. The van der Waals surface area contributed by atoms with Crippen LogP contribution in [0.4, 0.5) is 0 Å². The first-order chi connectivity index (χ1) is 30.2. The van der Waals surface area contributed by atoms with Crippen LogP contribution < -0.4 is 22.1 Å². The minimum absolute atomic E-state index is 0.103. The monoisotopic (exact) mass is 863 g/mol. The molecule has 11 nitrogen and oxygen atoms in total. The number of guanidine groups is 2. The van der Waals surface area contributed by atoms with Crippen LogP contribution in [0.3, 0.4) is 0 Å². The molecule has 1 spiro atoms. The van der Waals surface area contributed by atoms with Gasteiger partial charge in [0.15, 0.2) is 11.9 Å². The molecule has 13 atom stereocenters. The maximum absolute atomic E-state index is 11.4. The Hall–Kier alpha value is -4.06. The largest absolute Gasteiger partial charge is 0.508 e. The van der Waals surface area contributed by atoms with Crippen molar-refractivity contribution in [1.82, 2.24) is 10.6 Å². The summed E-state index contributed by atoms with van der Waals surface area (Å²) in [5, 5.41) is 41.1. The summed E-state index contributed by atoms with van der Waals surface area (Å²) in [6, 6.07) is 14.0. The van der Waals surface area contributed by atoms with Gasteiger partial charge in [-0.25, -0.2) is 0 Å². The summed E-state index contributed by atoms with van der Waals surface area (Å²) in [7, 11) is 1.70.